The van der Waals surface area contributed by atoms with E-state index in [4.69, 9.17) is 5.11 Å². The van der Waals surface area contributed by atoms with Gasteiger partial charge in [0.1, 0.15) is 0 Å². The van der Waals surface area contributed by atoms with Gasteiger partial charge in [-0.2, -0.15) is 15.0 Å². The van der Waals surface area contributed by atoms with Crippen molar-refractivity contribution in [1.82, 2.24) is 15.0 Å². The summed E-state index contributed by atoms with van der Waals surface area (Å²) in [5.74, 6) is 0.976. The van der Waals surface area contributed by atoms with Crippen LogP contribution in [0.25, 0.3) is 0 Å². The van der Waals surface area contributed by atoms with Crippen LogP contribution in [0.2, 0.25) is 0 Å². The van der Waals surface area contributed by atoms with Gasteiger partial charge in [-0.15, -0.1) is 0 Å². The zero-order valence-corrected chi connectivity index (χ0v) is 14.6. The van der Waals surface area contributed by atoms with E-state index in [1.165, 1.54) is 0 Å². The molecule has 0 bridgehead atoms. The molecule has 0 saturated carbocycles. The van der Waals surface area contributed by atoms with Crippen LogP contribution in [0.15, 0.2) is 24.3 Å². The molecule has 2 saturated heterocycles. The van der Waals surface area contributed by atoms with Gasteiger partial charge in [-0.1, -0.05) is 0 Å². The SMILES string of the molecule is O=C(O)c1ccc(Nc2nc(N3CCCC3)nc(N3CCCC3)n2)cc1. The lowest BCUT2D eigenvalue weighted by molar-refractivity contribution is 0.0697. The van der Waals surface area contributed by atoms with E-state index in [2.05, 4.69) is 30.1 Å². The topological polar surface area (TPSA) is 94.5 Å². The van der Waals surface area contributed by atoms with E-state index in [-0.39, 0.29) is 5.56 Å². The Kier molecular flexibility index (Phi) is 4.55. The van der Waals surface area contributed by atoms with E-state index in [9.17, 15) is 4.79 Å². The molecule has 0 amide bonds. The van der Waals surface area contributed by atoms with Crippen LogP contribution in [0.3, 0.4) is 0 Å². The second-order valence-corrected chi connectivity index (χ2v) is 6.65. The number of benzene rings is 1. The third-order valence-corrected chi connectivity index (χ3v) is 4.78. The fourth-order valence-corrected chi connectivity index (χ4v) is 3.35. The van der Waals surface area contributed by atoms with Crippen molar-refractivity contribution >= 4 is 29.5 Å². The van der Waals surface area contributed by atoms with Crippen LogP contribution < -0.4 is 15.1 Å². The third kappa shape index (κ3) is 3.54. The summed E-state index contributed by atoms with van der Waals surface area (Å²) in [6, 6.07) is 6.57. The van der Waals surface area contributed by atoms with Crippen LogP contribution in [0, 0.1) is 0 Å². The molecule has 2 fully saturated rings. The number of nitrogens with one attached hydrogen (secondary N) is 1. The molecule has 1 aromatic carbocycles. The van der Waals surface area contributed by atoms with Crippen LogP contribution in [0.4, 0.5) is 23.5 Å². The number of carboxylic acids is 1. The lowest BCUT2D eigenvalue weighted by Crippen LogP contribution is -2.25. The van der Waals surface area contributed by atoms with E-state index in [0.29, 0.717) is 17.8 Å². The second-order valence-electron chi connectivity index (χ2n) is 6.65. The summed E-state index contributed by atoms with van der Waals surface area (Å²) in [5.41, 5.74) is 1.00. The van der Waals surface area contributed by atoms with Gasteiger partial charge in [0.2, 0.25) is 17.8 Å². The Morgan fingerprint density at radius 1 is 0.846 bits per heavy atom. The molecule has 136 valence electrons. The van der Waals surface area contributed by atoms with Gasteiger partial charge in [-0.05, 0) is 49.9 Å². The summed E-state index contributed by atoms with van der Waals surface area (Å²) >= 11 is 0. The quantitative estimate of drug-likeness (QED) is 0.846. The van der Waals surface area contributed by atoms with Gasteiger partial charge in [0.15, 0.2) is 0 Å². The highest BCUT2D eigenvalue weighted by atomic mass is 16.4. The number of carbonyl (C=O) groups is 1. The Hall–Kier alpha value is -2.90. The van der Waals surface area contributed by atoms with E-state index in [0.717, 1.165) is 57.5 Å². The molecular formula is C18H22N6O2. The monoisotopic (exact) mass is 354 g/mol. The third-order valence-electron chi connectivity index (χ3n) is 4.78. The number of aromatic carboxylic acids is 1. The molecule has 0 atom stereocenters. The molecule has 8 heteroatoms. The first kappa shape index (κ1) is 16.6. The molecule has 2 aliphatic rings. The highest BCUT2D eigenvalue weighted by Crippen LogP contribution is 2.24. The molecule has 0 radical (unpaired) electrons. The van der Waals surface area contributed by atoms with Crippen LogP contribution >= 0.6 is 0 Å². The van der Waals surface area contributed by atoms with E-state index < -0.39 is 5.97 Å². The van der Waals surface area contributed by atoms with Gasteiger partial charge >= 0.3 is 5.97 Å². The summed E-state index contributed by atoms with van der Waals surface area (Å²) in [6.07, 6.45) is 4.63. The Labute approximate surface area is 151 Å². The first-order valence-corrected chi connectivity index (χ1v) is 9.05. The summed E-state index contributed by atoms with van der Waals surface area (Å²) in [5, 5.41) is 12.2. The summed E-state index contributed by atoms with van der Waals surface area (Å²) in [6.45, 7) is 3.87. The molecule has 0 aliphatic carbocycles. The average Bonchev–Trinajstić information content (AvgIpc) is 3.36. The maximum absolute atomic E-state index is 11.0. The summed E-state index contributed by atoms with van der Waals surface area (Å²) in [7, 11) is 0. The van der Waals surface area contributed by atoms with Gasteiger partial charge in [0, 0.05) is 31.9 Å². The Bertz CT molecular complexity index is 749. The van der Waals surface area contributed by atoms with Gasteiger partial charge in [-0.25, -0.2) is 4.79 Å². The van der Waals surface area contributed by atoms with Crippen molar-refractivity contribution in [1.29, 1.82) is 0 Å². The normalized spacial score (nSPS) is 16.9. The average molecular weight is 354 g/mol. The van der Waals surface area contributed by atoms with Crippen molar-refractivity contribution in [2.24, 2.45) is 0 Å². The van der Waals surface area contributed by atoms with Gasteiger partial charge in [0.05, 0.1) is 5.56 Å². The minimum Gasteiger partial charge on any atom is -0.478 e. The van der Waals surface area contributed by atoms with Crippen molar-refractivity contribution in [2.45, 2.75) is 25.7 Å². The lowest BCUT2D eigenvalue weighted by atomic mass is 10.2. The number of carboxylic acid groups (broad SMARTS) is 1. The molecular weight excluding hydrogens is 332 g/mol. The number of aromatic nitrogens is 3. The first-order chi connectivity index (χ1) is 12.7. The van der Waals surface area contributed by atoms with E-state index in [1.807, 2.05) is 0 Å². The first-order valence-electron chi connectivity index (χ1n) is 9.05. The number of anilines is 4. The fourth-order valence-electron chi connectivity index (χ4n) is 3.35. The van der Waals surface area contributed by atoms with Crippen LogP contribution in [0.1, 0.15) is 36.0 Å². The highest BCUT2D eigenvalue weighted by molar-refractivity contribution is 5.88. The fraction of sp³-hybridized carbons (Fsp3) is 0.444. The molecule has 0 unspecified atom stereocenters. The largest absolute Gasteiger partial charge is 0.478 e. The number of hydrogen-bond donors (Lipinski definition) is 2. The molecule has 2 aromatic rings. The molecule has 3 heterocycles. The molecule has 2 aliphatic heterocycles. The molecule has 1 aromatic heterocycles. The predicted molar refractivity (Wildman–Crippen MR) is 99.4 cm³/mol. The smallest absolute Gasteiger partial charge is 0.335 e. The van der Waals surface area contributed by atoms with Crippen LogP contribution in [-0.2, 0) is 0 Å². The lowest BCUT2D eigenvalue weighted by Gasteiger charge is -2.20. The maximum atomic E-state index is 11.0. The zero-order chi connectivity index (χ0) is 17.9. The summed E-state index contributed by atoms with van der Waals surface area (Å²) in [4.78, 5) is 29.2. The van der Waals surface area contributed by atoms with E-state index in [1.54, 1.807) is 24.3 Å². The predicted octanol–water partition coefficient (Wildman–Crippen LogP) is 2.51. The van der Waals surface area contributed by atoms with Crippen molar-refractivity contribution in [2.75, 3.05) is 41.3 Å². The van der Waals surface area contributed by atoms with Gasteiger partial charge in [0.25, 0.3) is 0 Å². The number of nitrogens with zero attached hydrogens (tertiary/aromatic N) is 5. The molecule has 0 spiro atoms. The van der Waals surface area contributed by atoms with Gasteiger partial charge in [-0.3, -0.25) is 0 Å². The number of rotatable bonds is 5. The Balaban J connectivity index is 1.61. The number of hydrogen-bond acceptors (Lipinski definition) is 7. The molecule has 8 nitrogen and oxygen atoms in total. The van der Waals surface area contributed by atoms with Crippen molar-refractivity contribution in [3.63, 3.8) is 0 Å². The van der Waals surface area contributed by atoms with Crippen molar-refractivity contribution < 1.29 is 9.90 Å². The zero-order valence-electron chi connectivity index (χ0n) is 14.6. The summed E-state index contributed by atoms with van der Waals surface area (Å²) < 4.78 is 0. The maximum Gasteiger partial charge on any atom is 0.335 e. The van der Waals surface area contributed by atoms with E-state index >= 15 is 0 Å². The minimum atomic E-state index is -0.940. The van der Waals surface area contributed by atoms with Crippen molar-refractivity contribution in [3.8, 4) is 0 Å². The second kappa shape index (κ2) is 7.15. The molecule has 4 rings (SSSR count). The molecule has 26 heavy (non-hydrogen) atoms. The highest BCUT2D eigenvalue weighted by Gasteiger charge is 2.21. The minimum absolute atomic E-state index is 0.252. The Morgan fingerprint density at radius 3 is 1.81 bits per heavy atom. The Morgan fingerprint density at radius 2 is 1.35 bits per heavy atom. The van der Waals surface area contributed by atoms with Gasteiger partial charge < -0.3 is 20.2 Å². The van der Waals surface area contributed by atoms with Crippen molar-refractivity contribution in [3.05, 3.63) is 29.8 Å². The molecule has 2 N–H and O–H groups in total. The van der Waals surface area contributed by atoms with Crippen LogP contribution in [0.5, 0.6) is 0 Å². The standard InChI is InChI=1S/C18H22N6O2/c25-15(26)13-5-7-14(8-6-13)19-16-20-17(23-9-1-2-10-23)22-18(21-16)24-11-3-4-12-24/h5-8H,1-4,9-12H2,(H,25,26)(H,19,20,21,22). The van der Waals surface area contributed by atoms with Crippen LogP contribution in [-0.4, -0.2) is 52.2 Å².